The second-order valence-electron chi connectivity index (χ2n) is 10.4. The zero-order valence-corrected chi connectivity index (χ0v) is 23.1. The number of nitrogens with zero attached hydrogens (tertiary/aromatic N) is 6. The van der Waals surface area contributed by atoms with Crippen molar-refractivity contribution in [3.05, 3.63) is 153 Å². The van der Waals surface area contributed by atoms with Gasteiger partial charge in [-0.3, -0.25) is 0 Å². The maximum Gasteiger partial charge on any atom is 0.270 e. The van der Waals surface area contributed by atoms with Crippen LogP contribution in [0, 0.1) is 59.6 Å². The van der Waals surface area contributed by atoms with E-state index in [4.69, 9.17) is 13.1 Å². The summed E-state index contributed by atoms with van der Waals surface area (Å²) >= 11 is 0. The Balaban J connectivity index is 1.49. The van der Waals surface area contributed by atoms with E-state index >= 15 is 0 Å². The molecule has 0 atom stereocenters. The predicted octanol–water partition coefficient (Wildman–Crippen LogP) is 8.73. The number of benzene rings is 3. The van der Waals surface area contributed by atoms with Gasteiger partial charge in [-0.25, -0.2) is 20.2 Å². The van der Waals surface area contributed by atoms with Crippen molar-refractivity contribution in [2.24, 2.45) is 0 Å². The third-order valence-electron chi connectivity index (χ3n) is 7.96. The Labute approximate surface area is 258 Å². The third kappa shape index (κ3) is 4.22. The zero-order chi connectivity index (χ0) is 32.3. The lowest BCUT2D eigenvalue weighted by Gasteiger charge is -2.09. The number of allylic oxidation sites excluding steroid dienone is 2. The summed E-state index contributed by atoms with van der Waals surface area (Å²) in [5.74, 6) is -4.01. The molecule has 10 heteroatoms. The van der Waals surface area contributed by atoms with E-state index in [1.807, 2.05) is 12.1 Å². The summed E-state index contributed by atoms with van der Waals surface area (Å²) in [6.07, 6.45) is 0. The Hall–Kier alpha value is -6.88. The molecule has 0 amide bonds. The van der Waals surface area contributed by atoms with E-state index < -0.39 is 23.8 Å². The van der Waals surface area contributed by atoms with E-state index in [0.29, 0.717) is 66.8 Å². The van der Waals surface area contributed by atoms with Gasteiger partial charge in [0.25, 0.3) is 11.4 Å². The van der Waals surface area contributed by atoms with Gasteiger partial charge >= 0.3 is 0 Å². The first-order chi connectivity index (χ1) is 22.2. The van der Waals surface area contributed by atoms with E-state index in [9.17, 15) is 28.1 Å². The molecule has 0 N–H and O–H groups in total. The fraction of sp³-hybridized carbons (Fsp3) is 0. The third-order valence-corrected chi connectivity index (χ3v) is 7.96. The largest absolute Gasteiger partial charge is 0.270 e. The normalized spacial score (nSPS) is 14.1. The number of hydrogen-bond donors (Lipinski definition) is 0. The van der Waals surface area contributed by atoms with Crippen LogP contribution in [-0.2, 0) is 0 Å². The molecule has 0 unspecified atom stereocenters. The molecular weight excluding hydrogens is 592 g/mol. The monoisotopic (exact) mass is 604 g/mol. The van der Waals surface area contributed by atoms with Gasteiger partial charge in [-0.15, -0.1) is 0 Å². The molecule has 7 rings (SSSR count). The average Bonchev–Trinajstić information content (AvgIpc) is 3.52. The fourth-order valence-electron chi connectivity index (χ4n) is 6.13. The Kier molecular flexibility index (Phi) is 6.30. The van der Waals surface area contributed by atoms with Crippen molar-refractivity contribution < 1.29 is 17.6 Å². The summed E-state index contributed by atoms with van der Waals surface area (Å²) in [6, 6.07) is 21.8. The lowest BCUT2D eigenvalue weighted by atomic mass is 9.95. The SMILES string of the molecule is [C-]#[N+]/C(C#N)=C1/c2cc(-c3cc(F)nc(F)c3)ccc2-c2cc3c(cc21)-c1ccc(-c2cc(F)nc(F)c2)cc1/C3=C(/C#N)[N+]#[C-]. The van der Waals surface area contributed by atoms with Crippen LogP contribution >= 0.6 is 0 Å². The van der Waals surface area contributed by atoms with Gasteiger partial charge in [-0.1, -0.05) is 24.3 Å². The number of fused-ring (bicyclic) bond motifs is 6. The molecule has 0 radical (unpaired) electrons. The highest BCUT2D eigenvalue weighted by Gasteiger charge is 2.33. The molecule has 2 heterocycles. The van der Waals surface area contributed by atoms with Gasteiger partial charge in [0.05, 0.1) is 25.3 Å². The quantitative estimate of drug-likeness (QED) is 0.0855. The zero-order valence-electron chi connectivity index (χ0n) is 23.1. The first-order valence-electron chi connectivity index (χ1n) is 13.4. The number of rotatable bonds is 2. The van der Waals surface area contributed by atoms with Crippen LogP contribution in [0.1, 0.15) is 22.3 Å². The van der Waals surface area contributed by atoms with E-state index in [1.54, 1.807) is 48.5 Å². The van der Waals surface area contributed by atoms with Crippen molar-refractivity contribution in [3.63, 3.8) is 0 Å². The molecular formula is C36H12F4N6. The Morgan fingerprint density at radius 1 is 0.478 bits per heavy atom. The van der Waals surface area contributed by atoms with Gasteiger partial charge in [-0.05, 0) is 91.0 Å². The molecule has 0 aliphatic heterocycles. The second kappa shape index (κ2) is 10.4. The lowest BCUT2D eigenvalue weighted by molar-refractivity contribution is 0.512. The molecule has 0 fully saturated rings. The maximum absolute atomic E-state index is 14.0. The van der Waals surface area contributed by atoms with Gasteiger partial charge in [0.15, 0.2) is 0 Å². The van der Waals surface area contributed by atoms with Gasteiger partial charge in [-0.2, -0.15) is 27.5 Å². The number of nitriles is 2. The first kappa shape index (κ1) is 27.9. The summed E-state index contributed by atoms with van der Waals surface area (Å²) in [5, 5.41) is 19.9. The molecule has 0 saturated carbocycles. The highest BCUT2D eigenvalue weighted by Crippen LogP contribution is 2.54. The number of aromatic nitrogens is 2. The molecule has 2 aliphatic rings. The molecule has 3 aromatic carbocycles. The summed E-state index contributed by atoms with van der Waals surface area (Å²) in [6.45, 7) is 15.5. The van der Waals surface area contributed by atoms with Crippen molar-refractivity contribution in [1.82, 2.24) is 9.97 Å². The number of halogens is 4. The predicted molar refractivity (Wildman–Crippen MR) is 160 cm³/mol. The van der Waals surface area contributed by atoms with Crippen LogP contribution in [-0.4, -0.2) is 9.97 Å². The van der Waals surface area contributed by atoms with Crippen molar-refractivity contribution >= 4 is 11.1 Å². The Morgan fingerprint density at radius 3 is 1.15 bits per heavy atom. The van der Waals surface area contributed by atoms with Crippen LogP contribution in [0.4, 0.5) is 17.6 Å². The topological polar surface area (TPSA) is 82.1 Å². The highest BCUT2D eigenvalue weighted by molar-refractivity contribution is 6.11. The van der Waals surface area contributed by atoms with Gasteiger partial charge in [0.2, 0.25) is 23.8 Å². The molecule has 2 aliphatic carbocycles. The van der Waals surface area contributed by atoms with E-state index in [2.05, 4.69) is 19.7 Å². The average molecular weight is 605 g/mol. The number of pyridine rings is 2. The molecule has 5 aromatic rings. The summed E-state index contributed by atoms with van der Waals surface area (Å²) < 4.78 is 55.8. The summed E-state index contributed by atoms with van der Waals surface area (Å²) in [4.78, 5) is 13.2. The molecule has 0 spiro atoms. The van der Waals surface area contributed by atoms with E-state index in [1.165, 1.54) is 0 Å². The van der Waals surface area contributed by atoms with Crippen LogP contribution < -0.4 is 0 Å². The smallest absolute Gasteiger partial charge is 0.226 e. The molecule has 214 valence electrons. The van der Waals surface area contributed by atoms with Crippen molar-refractivity contribution in [2.75, 3.05) is 0 Å². The molecule has 6 nitrogen and oxygen atoms in total. The van der Waals surface area contributed by atoms with Crippen molar-refractivity contribution in [3.8, 4) is 56.6 Å². The minimum Gasteiger partial charge on any atom is -0.226 e. The van der Waals surface area contributed by atoms with Crippen molar-refractivity contribution in [2.45, 2.75) is 0 Å². The van der Waals surface area contributed by atoms with Gasteiger partial charge in [0, 0.05) is 35.4 Å². The fourth-order valence-corrected chi connectivity index (χ4v) is 6.13. The molecule has 0 saturated heterocycles. The van der Waals surface area contributed by atoms with Crippen LogP contribution in [0.3, 0.4) is 0 Å². The minimum atomic E-state index is -1.00. The standard InChI is InChI=1S/C36H12F4N6/c1-43-29(15-41)35-25-7-17(19-9-31(37)45-32(38)10-19)3-5-21(25)23-14-28-24(13-27(23)35)22-6-4-18(20-11-33(39)46-34(40)12-20)8-26(22)36(28)30(16-42)44-2/h3-14H/b35-29-,36-30+. The Morgan fingerprint density at radius 2 is 0.826 bits per heavy atom. The van der Waals surface area contributed by atoms with E-state index in [0.717, 1.165) is 24.3 Å². The number of hydrogen-bond acceptors (Lipinski definition) is 4. The van der Waals surface area contributed by atoms with Crippen LogP contribution in [0.15, 0.2) is 84.2 Å². The highest BCUT2D eigenvalue weighted by atomic mass is 19.1. The lowest BCUT2D eigenvalue weighted by Crippen LogP contribution is -1.92. The van der Waals surface area contributed by atoms with Crippen molar-refractivity contribution in [1.29, 1.82) is 10.5 Å². The van der Waals surface area contributed by atoms with E-state index in [-0.39, 0.29) is 22.5 Å². The van der Waals surface area contributed by atoms with Gasteiger partial charge in [0.1, 0.15) is 0 Å². The summed E-state index contributed by atoms with van der Waals surface area (Å²) in [7, 11) is 0. The van der Waals surface area contributed by atoms with Crippen LogP contribution in [0.25, 0.3) is 65.3 Å². The molecule has 0 bridgehead atoms. The first-order valence-corrected chi connectivity index (χ1v) is 13.4. The Bertz CT molecular complexity index is 2220. The van der Waals surface area contributed by atoms with Crippen LogP contribution in [0.2, 0.25) is 0 Å². The molecule has 2 aromatic heterocycles. The molecule has 46 heavy (non-hydrogen) atoms. The van der Waals surface area contributed by atoms with Gasteiger partial charge < -0.3 is 0 Å². The maximum atomic E-state index is 14.0. The van der Waals surface area contributed by atoms with Crippen LogP contribution in [0.5, 0.6) is 0 Å². The second-order valence-corrected chi connectivity index (χ2v) is 10.4. The summed E-state index contributed by atoms with van der Waals surface area (Å²) in [5.41, 5.74) is 6.11. The minimum absolute atomic E-state index is 0.200.